The van der Waals surface area contributed by atoms with Crippen molar-refractivity contribution in [2.24, 2.45) is 17.8 Å². The van der Waals surface area contributed by atoms with E-state index in [1.165, 1.54) is 38.9 Å². The van der Waals surface area contributed by atoms with Gasteiger partial charge in [0.1, 0.15) is 0 Å². The van der Waals surface area contributed by atoms with Gasteiger partial charge in [0.15, 0.2) is 0 Å². The van der Waals surface area contributed by atoms with Crippen LogP contribution in [-0.2, 0) is 0 Å². The second-order valence-corrected chi connectivity index (χ2v) is 6.16. The van der Waals surface area contributed by atoms with Crippen molar-refractivity contribution in [3.05, 3.63) is 0 Å². The summed E-state index contributed by atoms with van der Waals surface area (Å²) in [5.41, 5.74) is 0. The molecule has 2 atom stereocenters. The zero-order valence-electron chi connectivity index (χ0n) is 12.5. The number of hydrogen-bond donors (Lipinski definition) is 1. The van der Waals surface area contributed by atoms with Crippen molar-refractivity contribution in [3.8, 4) is 0 Å². The highest BCUT2D eigenvalue weighted by atomic mass is 15.2. The van der Waals surface area contributed by atoms with Gasteiger partial charge in [-0.2, -0.15) is 0 Å². The molecule has 0 aliphatic carbocycles. The molecule has 1 N–H and O–H groups in total. The molecule has 2 heteroatoms. The molecule has 1 fully saturated rings. The van der Waals surface area contributed by atoms with Crippen molar-refractivity contribution >= 4 is 0 Å². The fraction of sp³-hybridized carbons (Fsp3) is 1.00. The quantitative estimate of drug-likeness (QED) is 0.768. The van der Waals surface area contributed by atoms with Crippen molar-refractivity contribution in [3.63, 3.8) is 0 Å². The number of piperidine rings is 1. The summed E-state index contributed by atoms with van der Waals surface area (Å²) < 4.78 is 0. The van der Waals surface area contributed by atoms with Crippen LogP contribution in [0.4, 0.5) is 0 Å². The number of rotatable bonds is 6. The first-order valence-corrected chi connectivity index (χ1v) is 7.48. The Kier molecular flexibility index (Phi) is 6.50. The minimum atomic E-state index is 0.663. The van der Waals surface area contributed by atoms with Gasteiger partial charge in [0.25, 0.3) is 0 Å². The summed E-state index contributed by atoms with van der Waals surface area (Å²) in [4.78, 5) is 2.66. The molecule has 2 unspecified atom stereocenters. The van der Waals surface area contributed by atoms with Gasteiger partial charge in [-0.1, -0.05) is 34.1 Å². The lowest BCUT2D eigenvalue weighted by Gasteiger charge is -2.37. The standard InChI is InChI=1S/C15H32N2/c1-6-13(4)15(16-5)11-17-9-7-14(8-10-17)12(2)3/h12-16H,6-11H2,1-5H3. The number of nitrogens with one attached hydrogen (secondary N) is 1. The van der Waals surface area contributed by atoms with Gasteiger partial charge in [-0.05, 0) is 50.7 Å². The molecule has 0 bridgehead atoms. The molecule has 0 aromatic rings. The van der Waals surface area contributed by atoms with Gasteiger partial charge in [-0.25, -0.2) is 0 Å². The van der Waals surface area contributed by atoms with E-state index in [2.05, 4.69) is 45.0 Å². The van der Waals surface area contributed by atoms with Crippen molar-refractivity contribution in [2.45, 2.75) is 53.0 Å². The molecule has 0 aromatic heterocycles. The second kappa shape index (κ2) is 7.38. The van der Waals surface area contributed by atoms with Crippen LogP contribution in [0, 0.1) is 17.8 Å². The Labute approximate surface area is 108 Å². The van der Waals surface area contributed by atoms with Gasteiger partial charge in [0.2, 0.25) is 0 Å². The number of likely N-dealkylation sites (tertiary alicyclic amines) is 1. The molecule has 1 aliphatic rings. The van der Waals surface area contributed by atoms with E-state index < -0.39 is 0 Å². The van der Waals surface area contributed by atoms with E-state index >= 15 is 0 Å². The van der Waals surface area contributed by atoms with Crippen LogP contribution >= 0.6 is 0 Å². The summed E-state index contributed by atoms with van der Waals surface area (Å²) in [6, 6.07) is 0.663. The molecule has 2 nitrogen and oxygen atoms in total. The maximum atomic E-state index is 3.49. The largest absolute Gasteiger partial charge is 0.315 e. The fourth-order valence-corrected chi connectivity index (χ4v) is 2.92. The van der Waals surface area contributed by atoms with E-state index in [1.807, 2.05) is 0 Å². The van der Waals surface area contributed by atoms with Crippen LogP contribution in [0.1, 0.15) is 47.0 Å². The summed E-state index contributed by atoms with van der Waals surface area (Å²) >= 11 is 0. The fourth-order valence-electron chi connectivity index (χ4n) is 2.92. The molecule has 1 heterocycles. The summed E-state index contributed by atoms with van der Waals surface area (Å²) in [5.74, 6) is 2.61. The molecule has 0 spiro atoms. The third-order valence-corrected chi connectivity index (χ3v) is 4.73. The van der Waals surface area contributed by atoms with Crippen LogP contribution in [-0.4, -0.2) is 37.6 Å². The van der Waals surface area contributed by atoms with Crippen LogP contribution in [0.2, 0.25) is 0 Å². The Balaban J connectivity index is 2.33. The average Bonchev–Trinajstić information content (AvgIpc) is 2.35. The number of hydrogen-bond acceptors (Lipinski definition) is 2. The maximum Gasteiger partial charge on any atom is 0.0217 e. The monoisotopic (exact) mass is 240 g/mol. The Morgan fingerprint density at radius 3 is 2.18 bits per heavy atom. The lowest BCUT2D eigenvalue weighted by atomic mass is 9.86. The van der Waals surface area contributed by atoms with Crippen molar-refractivity contribution in [1.82, 2.24) is 10.2 Å². The summed E-state index contributed by atoms with van der Waals surface area (Å²) in [6.07, 6.45) is 4.07. The minimum Gasteiger partial charge on any atom is -0.315 e. The first-order chi connectivity index (χ1) is 8.08. The topological polar surface area (TPSA) is 15.3 Å². The molecule has 1 saturated heterocycles. The van der Waals surface area contributed by atoms with E-state index in [9.17, 15) is 0 Å². The molecule has 17 heavy (non-hydrogen) atoms. The van der Waals surface area contributed by atoms with Gasteiger partial charge in [0.05, 0.1) is 0 Å². The van der Waals surface area contributed by atoms with Crippen molar-refractivity contribution in [1.29, 1.82) is 0 Å². The lowest BCUT2D eigenvalue weighted by Crippen LogP contribution is -2.46. The summed E-state index contributed by atoms with van der Waals surface area (Å²) in [7, 11) is 2.11. The van der Waals surface area contributed by atoms with E-state index in [0.29, 0.717) is 6.04 Å². The van der Waals surface area contributed by atoms with Gasteiger partial charge < -0.3 is 10.2 Å². The molecule has 0 saturated carbocycles. The normalized spacial score (nSPS) is 22.9. The van der Waals surface area contributed by atoms with Crippen LogP contribution < -0.4 is 5.32 Å². The van der Waals surface area contributed by atoms with E-state index in [4.69, 9.17) is 0 Å². The molecular weight excluding hydrogens is 208 g/mol. The van der Waals surface area contributed by atoms with Crippen LogP contribution in [0.15, 0.2) is 0 Å². The maximum absolute atomic E-state index is 3.49. The molecule has 0 amide bonds. The molecule has 0 aromatic carbocycles. The van der Waals surface area contributed by atoms with Crippen molar-refractivity contribution < 1.29 is 0 Å². The summed E-state index contributed by atoms with van der Waals surface area (Å²) in [6.45, 7) is 13.2. The zero-order valence-corrected chi connectivity index (χ0v) is 12.5. The molecule has 102 valence electrons. The van der Waals surface area contributed by atoms with Crippen LogP contribution in [0.25, 0.3) is 0 Å². The number of likely N-dealkylation sites (N-methyl/N-ethyl adjacent to an activating group) is 1. The predicted molar refractivity (Wildman–Crippen MR) is 76.3 cm³/mol. The second-order valence-electron chi connectivity index (χ2n) is 6.16. The molecule has 1 aliphatic heterocycles. The SMILES string of the molecule is CCC(C)C(CN1CCC(C(C)C)CC1)NC. The lowest BCUT2D eigenvalue weighted by molar-refractivity contribution is 0.136. The Hall–Kier alpha value is -0.0800. The number of nitrogens with zero attached hydrogens (tertiary/aromatic N) is 1. The Morgan fingerprint density at radius 2 is 1.76 bits per heavy atom. The third-order valence-electron chi connectivity index (χ3n) is 4.73. The highest BCUT2D eigenvalue weighted by Crippen LogP contribution is 2.24. The smallest absolute Gasteiger partial charge is 0.0217 e. The third kappa shape index (κ3) is 4.59. The van der Waals surface area contributed by atoms with Crippen LogP contribution in [0.3, 0.4) is 0 Å². The Morgan fingerprint density at radius 1 is 1.18 bits per heavy atom. The molecule has 1 rings (SSSR count). The van der Waals surface area contributed by atoms with Gasteiger partial charge in [0, 0.05) is 12.6 Å². The highest BCUT2D eigenvalue weighted by molar-refractivity contribution is 4.80. The minimum absolute atomic E-state index is 0.663. The molecule has 0 radical (unpaired) electrons. The zero-order chi connectivity index (χ0) is 12.8. The highest BCUT2D eigenvalue weighted by Gasteiger charge is 2.24. The first-order valence-electron chi connectivity index (χ1n) is 7.48. The van der Waals surface area contributed by atoms with Gasteiger partial charge >= 0.3 is 0 Å². The van der Waals surface area contributed by atoms with Gasteiger partial charge in [-0.15, -0.1) is 0 Å². The average molecular weight is 240 g/mol. The van der Waals surface area contributed by atoms with Crippen LogP contribution in [0.5, 0.6) is 0 Å². The summed E-state index contributed by atoms with van der Waals surface area (Å²) in [5, 5.41) is 3.49. The Bertz CT molecular complexity index is 195. The van der Waals surface area contributed by atoms with Gasteiger partial charge in [-0.3, -0.25) is 0 Å². The van der Waals surface area contributed by atoms with E-state index in [0.717, 1.165) is 17.8 Å². The van der Waals surface area contributed by atoms with E-state index in [1.54, 1.807) is 0 Å². The molecular formula is C15H32N2. The first kappa shape index (κ1) is 15.0. The predicted octanol–water partition coefficient (Wildman–Crippen LogP) is 2.99. The van der Waals surface area contributed by atoms with E-state index in [-0.39, 0.29) is 0 Å². The van der Waals surface area contributed by atoms with Crippen molar-refractivity contribution in [2.75, 3.05) is 26.7 Å².